The molecule has 1 heterocycles. The Balaban J connectivity index is 1.39. The predicted octanol–water partition coefficient (Wildman–Crippen LogP) is 4.90. The maximum atomic E-state index is 10.2. The third-order valence-electron chi connectivity index (χ3n) is 6.41. The number of nitrogens with one attached hydrogen (secondary N) is 2. The van der Waals surface area contributed by atoms with Gasteiger partial charge in [0, 0.05) is 17.6 Å². The Labute approximate surface area is 189 Å². The molecule has 3 N–H and O–H groups in total. The quantitative estimate of drug-likeness (QED) is 0.561. The molecule has 5 nitrogen and oxygen atoms in total. The molecule has 2 aromatic rings. The number of aliphatic hydroxyl groups is 1. The minimum atomic E-state index is -0.272. The van der Waals surface area contributed by atoms with E-state index in [-0.39, 0.29) is 17.6 Å². The molecule has 2 aliphatic rings. The van der Waals surface area contributed by atoms with E-state index >= 15 is 0 Å². The Morgan fingerprint density at radius 3 is 2.94 bits per heavy atom. The van der Waals surface area contributed by atoms with Crippen LogP contribution in [0.1, 0.15) is 56.2 Å². The highest BCUT2D eigenvalue weighted by molar-refractivity contribution is 6.30. The largest absolute Gasteiger partial charge is 0.393 e. The van der Waals surface area contributed by atoms with Crippen molar-refractivity contribution in [1.82, 2.24) is 9.97 Å². The van der Waals surface area contributed by atoms with Gasteiger partial charge < -0.3 is 15.7 Å². The molecule has 1 aromatic carbocycles. The summed E-state index contributed by atoms with van der Waals surface area (Å²) in [6.07, 6.45) is 13.7. The Kier molecular flexibility index (Phi) is 6.22. The molecular formula is C25H29ClN4O. The lowest BCUT2D eigenvalue weighted by molar-refractivity contribution is 0.00926. The Hall–Kier alpha value is -2.55. The first kappa shape index (κ1) is 21.7. The van der Waals surface area contributed by atoms with E-state index in [2.05, 4.69) is 52.5 Å². The summed E-state index contributed by atoms with van der Waals surface area (Å²) in [5.41, 5.74) is 4.40. The van der Waals surface area contributed by atoms with Crippen molar-refractivity contribution in [3.8, 4) is 12.3 Å². The summed E-state index contributed by atoms with van der Waals surface area (Å²) < 4.78 is 0. The number of fused-ring (bicyclic) bond motifs is 1. The van der Waals surface area contributed by atoms with Gasteiger partial charge in [-0.3, -0.25) is 0 Å². The van der Waals surface area contributed by atoms with Gasteiger partial charge in [-0.25, -0.2) is 4.98 Å². The number of benzene rings is 1. The topological polar surface area (TPSA) is 70.1 Å². The average Bonchev–Trinajstić information content (AvgIpc) is 3.13. The minimum Gasteiger partial charge on any atom is -0.393 e. The monoisotopic (exact) mass is 436 g/mol. The van der Waals surface area contributed by atoms with Crippen LogP contribution < -0.4 is 10.6 Å². The molecule has 0 spiro atoms. The van der Waals surface area contributed by atoms with Crippen LogP contribution in [0.3, 0.4) is 0 Å². The van der Waals surface area contributed by atoms with Crippen molar-refractivity contribution < 1.29 is 5.11 Å². The van der Waals surface area contributed by atoms with E-state index in [1.165, 1.54) is 16.7 Å². The highest BCUT2D eigenvalue weighted by Crippen LogP contribution is 2.37. The Morgan fingerprint density at radius 1 is 1.32 bits per heavy atom. The van der Waals surface area contributed by atoms with Crippen LogP contribution in [-0.4, -0.2) is 33.8 Å². The molecular weight excluding hydrogens is 408 g/mol. The number of rotatable bonds is 6. The number of hydrogen-bond donors (Lipinski definition) is 3. The van der Waals surface area contributed by atoms with Crippen LogP contribution in [0.5, 0.6) is 0 Å². The zero-order valence-corrected chi connectivity index (χ0v) is 18.8. The lowest BCUT2D eigenvalue weighted by Crippen LogP contribution is -2.41. The van der Waals surface area contributed by atoms with Gasteiger partial charge in [-0.05, 0) is 66.4 Å². The van der Waals surface area contributed by atoms with Gasteiger partial charge >= 0.3 is 0 Å². The van der Waals surface area contributed by atoms with E-state index in [4.69, 9.17) is 18.0 Å². The molecule has 2 aliphatic carbocycles. The van der Waals surface area contributed by atoms with Crippen LogP contribution in [-0.2, 0) is 6.42 Å². The molecule has 0 unspecified atom stereocenters. The lowest BCUT2D eigenvalue weighted by atomic mass is 9.73. The van der Waals surface area contributed by atoms with Gasteiger partial charge in [0.05, 0.1) is 17.9 Å². The molecule has 0 bridgehead atoms. The number of anilines is 2. The SMILES string of the molecule is C#Cc1cnc(NCCC2=CCc3cc(Cl)ccc32)nc1N[C@@H]1CC[C@H](O)C(C)(C)C1. The van der Waals surface area contributed by atoms with Crippen LogP contribution in [0.25, 0.3) is 5.57 Å². The molecule has 4 rings (SSSR count). The number of hydrogen-bond acceptors (Lipinski definition) is 5. The Bertz CT molecular complexity index is 1040. The zero-order valence-electron chi connectivity index (χ0n) is 18.1. The van der Waals surface area contributed by atoms with E-state index in [1.807, 2.05) is 12.1 Å². The molecule has 162 valence electrons. The first-order valence-corrected chi connectivity index (χ1v) is 11.2. The summed E-state index contributed by atoms with van der Waals surface area (Å²) in [5.74, 6) is 3.91. The third-order valence-corrected chi connectivity index (χ3v) is 6.64. The second-order valence-corrected chi connectivity index (χ2v) is 9.58. The molecule has 0 aliphatic heterocycles. The van der Waals surface area contributed by atoms with Crippen LogP contribution in [0.4, 0.5) is 11.8 Å². The van der Waals surface area contributed by atoms with Crippen LogP contribution in [0.2, 0.25) is 5.02 Å². The highest BCUT2D eigenvalue weighted by atomic mass is 35.5. The summed E-state index contributed by atoms with van der Waals surface area (Å²) in [4.78, 5) is 9.03. The smallest absolute Gasteiger partial charge is 0.224 e. The number of aliphatic hydroxyl groups excluding tert-OH is 1. The first-order valence-electron chi connectivity index (χ1n) is 10.9. The van der Waals surface area contributed by atoms with E-state index in [0.717, 1.165) is 43.7 Å². The fraction of sp³-hybridized carbons (Fsp3) is 0.440. The Morgan fingerprint density at radius 2 is 2.16 bits per heavy atom. The fourth-order valence-corrected chi connectivity index (χ4v) is 4.75. The molecule has 1 saturated carbocycles. The second kappa shape index (κ2) is 8.90. The zero-order chi connectivity index (χ0) is 22.0. The number of allylic oxidation sites excluding steroid dienone is 1. The molecule has 6 heteroatoms. The van der Waals surface area contributed by atoms with Crippen LogP contribution in [0, 0.1) is 17.8 Å². The number of aromatic nitrogens is 2. The van der Waals surface area contributed by atoms with Gasteiger partial charge in [-0.1, -0.05) is 43.5 Å². The molecule has 0 amide bonds. The van der Waals surface area contributed by atoms with Crippen molar-refractivity contribution in [2.75, 3.05) is 17.2 Å². The van der Waals surface area contributed by atoms with Crippen molar-refractivity contribution in [3.05, 3.63) is 52.2 Å². The fourth-order valence-electron chi connectivity index (χ4n) is 4.56. The summed E-state index contributed by atoms with van der Waals surface area (Å²) >= 11 is 6.10. The lowest BCUT2D eigenvalue weighted by Gasteiger charge is -2.40. The van der Waals surface area contributed by atoms with E-state index in [9.17, 15) is 5.11 Å². The summed E-state index contributed by atoms with van der Waals surface area (Å²) in [6.45, 7) is 4.93. The van der Waals surface area contributed by atoms with Gasteiger partial charge in [0.2, 0.25) is 5.95 Å². The van der Waals surface area contributed by atoms with Gasteiger partial charge in [-0.2, -0.15) is 4.98 Å². The van der Waals surface area contributed by atoms with Crippen molar-refractivity contribution in [2.45, 2.75) is 58.1 Å². The summed E-state index contributed by atoms with van der Waals surface area (Å²) in [6, 6.07) is 6.30. The minimum absolute atomic E-state index is 0.129. The van der Waals surface area contributed by atoms with Crippen molar-refractivity contribution >= 4 is 28.9 Å². The molecule has 31 heavy (non-hydrogen) atoms. The van der Waals surface area contributed by atoms with Gasteiger partial charge in [0.15, 0.2) is 0 Å². The van der Waals surface area contributed by atoms with E-state index in [0.29, 0.717) is 17.3 Å². The predicted molar refractivity (Wildman–Crippen MR) is 127 cm³/mol. The molecule has 0 radical (unpaired) electrons. The first-order chi connectivity index (χ1) is 14.9. The molecule has 1 fully saturated rings. The average molecular weight is 437 g/mol. The number of nitrogens with zero attached hydrogens (tertiary/aromatic N) is 2. The summed E-state index contributed by atoms with van der Waals surface area (Å²) in [7, 11) is 0. The van der Waals surface area contributed by atoms with Crippen molar-refractivity contribution in [3.63, 3.8) is 0 Å². The molecule has 0 saturated heterocycles. The van der Waals surface area contributed by atoms with Crippen molar-refractivity contribution in [2.24, 2.45) is 5.41 Å². The third kappa shape index (κ3) is 4.87. The standard InChI is InChI=1S/C25H29ClN4O/c1-4-16-15-28-24(30-23(16)29-20-8-10-22(31)25(2,3)14-20)27-12-11-17-5-6-18-13-19(26)7-9-21(17)18/h1,5,7,9,13,15,20,22,31H,6,8,10-12,14H2,2-3H3,(H2,27,28,29,30)/t20-,22+/m1/s1. The molecule has 2 atom stereocenters. The highest BCUT2D eigenvalue weighted by Gasteiger charge is 2.35. The summed E-state index contributed by atoms with van der Waals surface area (Å²) in [5, 5.41) is 17.8. The number of terminal acetylenes is 1. The molecule has 1 aromatic heterocycles. The van der Waals surface area contributed by atoms with E-state index < -0.39 is 0 Å². The van der Waals surface area contributed by atoms with Gasteiger partial charge in [-0.15, -0.1) is 6.42 Å². The normalized spacial score (nSPS) is 21.7. The van der Waals surface area contributed by atoms with E-state index in [1.54, 1.807) is 6.20 Å². The van der Waals surface area contributed by atoms with Crippen molar-refractivity contribution in [1.29, 1.82) is 0 Å². The van der Waals surface area contributed by atoms with Crippen LogP contribution >= 0.6 is 11.6 Å². The maximum Gasteiger partial charge on any atom is 0.224 e. The van der Waals surface area contributed by atoms with Gasteiger partial charge in [0.25, 0.3) is 0 Å². The maximum absolute atomic E-state index is 10.2. The number of halogens is 1. The van der Waals surface area contributed by atoms with Gasteiger partial charge in [0.1, 0.15) is 5.82 Å². The second-order valence-electron chi connectivity index (χ2n) is 9.14. The van der Waals surface area contributed by atoms with Crippen LogP contribution in [0.15, 0.2) is 30.5 Å².